The van der Waals surface area contributed by atoms with Crippen LogP contribution in [0.25, 0.3) is 83.6 Å². The first-order valence-electron chi connectivity index (χ1n) is 19.8. The van der Waals surface area contributed by atoms with Crippen molar-refractivity contribution in [2.24, 2.45) is 0 Å². The van der Waals surface area contributed by atoms with Crippen molar-refractivity contribution in [3.05, 3.63) is 175 Å². The number of rotatable bonds is 6. The molecule has 0 unspecified atom stereocenters. The summed E-state index contributed by atoms with van der Waals surface area (Å²) in [7, 11) is 0. The van der Waals surface area contributed by atoms with Gasteiger partial charge in [-0.05, 0) is 92.7 Å². The number of phenols is 1. The van der Waals surface area contributed by atoms with Gasteiger partial charge in [-0.25, -0.2) is 4.98 Å². The van der Waals surface area contributed by atoms with E-state index in [1.165, 1.54) is 11.1 Å². The van der Waals surface area contributed by atoms with Gasteiger partial charge in [-0.2, -0.15) is 0 Å². The van der Waals surface area contributed by atoms with E-state index in [1.807, 2.05) is 54.9 Å². The summed E-state index contributed by atoms with van der Waals surface area (Å²) in [4.78, 5) is 15.0. The minimum Gasteiger partial charge on any atom is -0.507 e. The standard InChI is InChI=1S/C53H45N4O.Pt/c1-52(2,3)38-29-36(30-39(33-38)53(4,5)6)37-31-44(56-45(32-37)42-18-8-10-24-48(42)58)34-16-13-17-35(28-34)51-41(21-15-27-55-51)40-20-14-23-47-50(40)43-19-7-9-22-46(43)57(47)49-25-11-12-26-54-49;/h7-27,29-33,58H,1-6H3;/q-1;. The number of nitrogens with zero attached hydrogens (tertiary/aromatic N) is 4. The summed E-state index contributed by atoms with van der Waals surface area (Å²) in [5.74, 6) is 1.06. The Morgan fingerprint density at radius 3 is 1.88 bits per heavy atom. The van der Waals surface area contributed by atoms with Crippen LogP contribution in [0, 0.1) is 6.07 Å². The number of aromatic hydroxyl groups is 1. The van der Waals surface area contributed by atoms with Gasteiger partial charge in [0.2, 0.25) is 0 Å². The number of pyridine rings is 3. The maximum absolute atomic E-state index is 11.1. The van der Waals surface area contributed by atoms with Crippen LogP contribution in [0.3, 0.4) is 0 Å². The summed E-state index contributed by atoms with van der Waals surface area (Å²) in [6, 6.07) is 53.7. The molecule has 6 heteroatoms. The van der Waals surface area contributed by atoms with Gasteiger partial charge in [0.15, 0.2) is 0 Å². The van der Waals surface area contributed by atoms with E-state index in [1.54, 1.807) is 6.07 Å². The molecule has 0 saturated heterocycles. The molecule has 9 aromatic rings. The molecule has 294 valence electrons. The number of benzene rings is 5. The predicted octanol–water partition coefficient (Wildman–Crippen LogP) is 13.4. The Balaban J connectivity index is 0.00000484. The maximum atomic E-state index is 11.1. The van der Waals surface area contributed by atoms with E-state index in [-0.39, 0.29) is 37.6 Å². The Hall–Kier alpha value is -6.16. The third-order valence-corrected chi connectivity index (χ3v) is 11.0. The Morgan fingerprint density at radius 1 is 0.525 bits per heavy atom. The van der Waals surface area contributed by atoms with E-state index in [0.717, 1.165) is 72.4 Å². The van der Waals surface area contributed by atoms with Gasteiger partial charge >= 0.3 is 0 Å². The van der Waals surface area contributed by atoms with E-state index in [9.17, 15) is 5.11 Å². The van der Waals surface area contributed by atoms with Crippen molar-refractivity contribution in [2.45, 2.75) is 52.4 Å². The number of fused-ring (bicyclic) bond motifs is 3. The summed E-state index contributed by atoms with van der Waals surface area (Å²) >= 11 is 0. The Morgan fingerprint density at radius 2 is 1.14 bits per heavy atom. The van der Waals surface area contributed by atoms with Gasteiger partial charge in [-0.1, -0.05) is 132 Å². The van der Waals surface area contributed by atoms with Crippen LogP contribution >= 0.6 is 0 Å². The zero-order valence-corrected chi connectivity index (χ0v) is 36.3. The average molecular weight is 949 g/mol. The van der Waals surface area contributed by atoms with Crippen molar-refractivity contribution in [2.75, 3.05) is 0 Å². The molecule has 0 bridgehead atoms. The number of para-hydroxylation sites is 2. The third-order valence-electron chi connectivity index (χ3n) is 11.0. The van der Waals surface area contributed by atoms with Crippen molar-refractivity contribution >= 4 is 21.8 Å². The quantitative estimate of drug-likeness (QED) is 0.169. The van der Waals surface area contributed by atoms with Crippen LogP contribution < -0.4 is 0 Å². The summed E-state index contributed by atoms with van der Waals surface area (Å²) in [6.45, 7) is 13.6. The predicted molar refractivity (Wildman–Crippen MR) is 239 cm³/mol. The van der Waals surface area contributed by atoms with Gasteiger partial charge in [-0.15, -0.1) is 24.3 Å². The molecule has 0 spiro atoms. The minimum absolute atomic E-state index is 0. The van der Waals surface area contributed by atoms with Gasteiger partial charge in [0, 0.05) is 61.2 Å². The van der Waals surface area contributed by atoms with Crippen molar-refractivity contribution in [3.8, 4) is 67.6 Å². The van der Waals surface area contributed by atoms with Crippen LogP contribution in [-0.2, 0) is 31.9 Å². The van der Waals surface area contributed by atoms with Crippen molar-refractivity contribution in [3.63, 3.8) is 0 Å². The minimum atomic E-state index is -0.0490. The molecule has 0 amide bonds. The van der Waals surface area contributed by atoms with Crippen LogP contribution in [0.1, 0.15) is 52.7 Å². The summed E-state index contributed by atoms with van der Waals surface area (Å²) in [6.07, 6.45) is 3.69. The fraction of sp³-hybridized carbons (Fsp3) is 0.151. The Kier molecular flexibility index (Phi) is 10.4. The molecule has 0 aliphatic heterocycles. The molecule has 5 aromatic carbocycles. The van der Waals surface area contributed by atoms with Crippen LogP contribution in [0.5, 0.6) is 5.75 Å². The molecule has 59 heavy (non-hydrogen) atoms. The van der Waals surface area contributed by atoms with Gasteiger partial charge in [0.05, 0.1) is 16.7 Å². The molecule has 0 atom stereocenters. The second-order valence-electron chi connectivity index (χ2n) is 17.1. The van der Waals surface area contributed by atoms with E-state index in [0.29, 0.717) is 11.3 Å². The summed E-state index contributed by atoms with van der Waals surface area (Å²) in [5, 5.41) is 13.4. The zero-order chi connectivity index (χ0) is 40.2. The van der Waals surface area contributed by atoms with E-state index < -0.39 is 0 Å². The zero-order valence-electron chi connectivity index (χ0n) is 34.1. The first-order chi connectivity index (χ1) is 27.9. The average Bonchev–Trinajstić information content (AvgIpc) is 3.58. The molecule has 0 fully saturated rings. The fourth-order valence-corrected chi connectivity index (χ4v) is 7.89. The Bertz CT molecular complexity index is 2960. The normalized spacial score (nSPS) is 11.8. The number of hydrogen-bond acceptors (Lipinski definition) is 4. The number of phenolic OH excluding ortho intramolecular Hbond substituents is 1. The first-order valence-corrected chi connectivity index (χ1v) is 19.8. The van der Waals surface area contributed by atoms with E-state index in [2.05, 4.69) is 149 Å². The summed E-state index contributed by atoms with van der Waals surface area (Å²) < 4.78 is 2.24. The van der Waals surface area contributed by atoms with Crippen LogP contribution in [-0.4, -0.2) is 24.6 Å². The van der Waals surface area contributed by atoms with Crippen LogP contribution in [0.4, 0.5) is 0 Å². The second kappa shape index (κ2) is 15.5. The molecule has 4 aromatic heterocycles. The van der Waals surface area contributed by atoms with Crippen LogP contribution in [0.2, 0.25) is 0 Å². The first kappa shape index (κ1) is 39.7. The molecular formula is C53H45N4OPt-. The SMILES string of the molecule is CC(C)(C)c1cc(-c2cc(-c3[c-]c(-c4ncccc4-c4cccc5c4c4ccccc4n5-c4ccccn4)ccc3)nc(-c3ccccc3O)c2)cc(C(C)(C)C)c1.[Pt]. The van der Waals surface area contributed by atoms with E-state index in [4.69, 9.17) is 15.0 Å². The fourth-order valence-electron chi connectivity index (χ4n) is 7.89. The third kappa shape index (κ3) is 7.52. The Labute approximate surface area is 360 Å². The van der Waals surface area contributed by atoms with Crippen molar-refractivity contribution in [1.82, 2.24) is 19.5 Å². The van der Waals surface area contributed by atoms with E-state index >= 15 is 0 Å². The molecule has 4 heterocycles. The van der Waals surface area contributed by atoms with Gasteiger partial charge in [-0.3, -0.25) is 14.5 Å². The monoisotopic (exact) mass is 948 g/mol. The molecule has 0 saturated carbocycles. The number of hydrogen-bond donors (Lipinski definition) is 1. The van der Waals surface area contributed by atoms with Gasteiger partial charge in [0.1, 0.15) is 11.6 Å². The largest absolute Gasteiger partial charge is 0.507 e. The molecule has 9 rings (SSSR count). The van der Waals surface area contributed by atoms with Gasteiger partial charge < -0.3 is 5.11 Å². The molecule has 0 radical (unpaired) electrons. The molecular weight excluding hydrogens is 904 g/mol. The topological polar surface area (TPSA) is 63.8 Å². The number of aromatic nitrogens is 4. The van der Waals surface area contributed by atoms with Crippen molar-refractivity contribution in [1.29, 1.82) is 0 Å². The summed E-state index contributed by atoms with van der Waals surface area (Å²) in [5.41, 5.74) is 13.5. The molecule has 1 N–H and O–H groups in total. The molecule has 0 aliphatic rings. The smallest absolute Gasteiger partial charge is 0.137 e. The maximum Gasteiger partial charge on any atom is 0.137 e. The second-order valence-corrected chi connectivity index (χ2v) is 17.1. The van der Waals surface area contributed by atoms with Crippen molar-refractivity contribution < 1.29 is 26.2 Å². The van der Waals surface area contributed by atoms with Crippen LogP contribution in [0.15, 0.2) is 158 Å². The van der Waals surface area contributed by atoms with Gasteiger partial charge in [0.25, 0.3) is 0 Å². The molecule has 5 nitrogen and oxygen atoms in total. The molecule has 0 aliphatic carbocycles.